The lowest BCUT2D eigenvalue weighted by molar-refractivity contribution is -0.115. The molecule has 0 radical (unpaired) electrons. The van der Waals surface area contributed by atoms with Gasteiger partial charge in [-0.05, 0) is 29.2 Å². The highest BCUT2D eigenvalue weighted by atomic mass is 16.1. The summed E-state index contributed by atoms with van der Waals surface area (Å²) in [7, 11) is 0. The Hall–Kier alpha value is -3.34. The lowest BCUT2D eigenvalue weighted by atomic mass is 10.1. The molecule has 27 heavy (non-hydrogen) atoms. The summed E-state index contributed by atoms with van der Waals surface area (Å²) in [6, 6.07) is 18.3. The van der Waals surface area contributed by atoms with Crippen LogP contribution in [0.2, 0.25) is 0 Å². The average Bonchev–Trinajstić information content (AvgIpc) is 3.30. The fraction of sp³-hybridized carbons (Fsp3) is 0.182. The predicted octanol–water partition coefficient (Wildman–Crippen LogP) is 4.16. The van der Waals surface area contributed by atoms with Gasteiger partial charge in [0.1, 0.15) is 5.82 Å². The molecule has 0 aliphatic rings. The number of aromatic nitrogens is 3. The van der Waals surface area contributed by atoms with E-state index in [0.29, 0.717) is 18.8 Å². The molecule has 2 heterocycles. The molecule has 0 saturated carbocycles. The van der Waals surface area contributed by atoms with Crippen molar-refractivity contribution in [2.75, 3.05) is 5.32 Å². The van der Waals surface area contributed by atoms with Gasteiger partial charge in [0.2, 0.25) is 5.91 Å². The maximum absolute atomic E-state index is 12.5. The van der Waals surface area contributed by atoms with Crippen LogP contribution in [0, 0.1) is 0 Å². The topological polar surface area (TPSA) is 62.7 Å². The molecule has 2 aromatic carbocycles. The molecular formula is C22H22N4O. The summed E-state index contributed by atoms with van der Waals surface area (Å²) in [5.41, 5.74) is 4.50. The Morgan fingerprint density at radius 2 is 1.85 bits per heavy atom. The first-order chi connectivity index (χ1) is 13.2. The maximum Gasteiger partial charge on any atom is 0.230 e. The molecule has 0 saturated heterocycles. The lowest BCUT2D eigenvalue weighted by Crippen LogP contribution is -2.17. The molecule has 0 aliphatic carbocycles. The first-order valence-corrected chi connectivity index (χ1v) is 9.17. The Bertz CT molecular complexity index is 1060. The van der Waals surface area contributed by atoms with Gasteiger partial charge in [-0.2, -0.15) is 5.10 Å². The Morgan fingerprint density at radius 3 is 2.67 bits per heavy atom. The smallest absolute Gasteiger partial charge is 0.230 e. The van der Waals surface area contributed by atoms with Crippen molar-refractivity contribution in [2.45, 2.75) is 26.3 Å². The van der Waals surface area contributed by atoms with E-state index >= 15 is 0 Å². The molecule has 4 aromatic rings. The standard InChI is InChI=1S/C22H22N4O/c1-2-16-7-9-17(10-8-16)15-26-21(11-12-24-26)25-22(27)13-18-14-23-20-6-4-3-5-19(18)20/h3-12,14,23H,2,13,15H2,1H3,(H,25,27). The van der Waals surface area contributed by atoms with Crippen LogP contribution in [0.1, 0.15) is 23.6 Å². The number of aromatic amines is 1. The predicted molar refractivity (Wildman–Crippen MR) is 108 cm³/mol. The number of fused-ring (bicyclic) bond motifs is 1. The number of H-pyrrole nitrogens is 1. The van der Waals surface area contributed by atoms with Gasteiger partial charge in [-0.15, -0.1) is 0 Å². The molecule has 1 amide bonds. The number of aryl methyl sites for hydroxylation is 1. The van der Waals surface area contributed by atoms with E-state index in [1.165, 1.54) is 5.56 Å². The average molecular weight is 358 g/mol. The number of carbonyl (C=O) groups excluding carboxylic acids is 1. The molecule has 0 fully saturated rings. The van der Waals surface area contributed by atoms with Gasteiger partial charge in [0, 0.05) is 23.2 Å². The van der Waals surface area contributed by atoms with Crippen molar-refractivity contribution in [3.8, 4) is 0 Å². The monoisotopic (exact) mass is 358 g/mol. The van der Waals surface area contributed by atoms with Crippen molar-refractivity contribution in [3.63, 3.8) is 0 Å². The Morgan fingerprint density at radius 1 is 1.07 bits per heavy atom. The van der Waals surface area contributed by atoms with Crippen LogP contribution in [-0.4, -0.2) is 20.7 Å². The fourth-order valence-electron chi connectivity index (χ4n) is 3.26. The molecule has 2 aromatic heterocycles. The van der Waals surface area contributed by atoms with E-state index in [1.807, 2.05) is 41.2 Å². The van der Waals surface area contributed by atoms with Gasteiger partial charge < -0.3 is 10.3 Å². The van der Waals surface area contributed by atoms with Crippen LogP contribution < -0.4 is 5.32 Å². The molecule has 5 nitrogen and oxygen atoms in total. The maximum atomic E-state index is 12.5. The molecule has 0 atom stereocenters. The second-order valence-electron chi connectivity index (χ2n) is 6.63. The highest BCUT2D eigenvalue weighted by Gasteiger charge is 2.11. The van der Waals surface area contributed by atoms with Crippen molar-refractivity contribution in [2.24, 2.45) is 0 Å². The zero-order valence-corrected chi connectivity index (χ0v) is 15.3. The highest BCUT2D eigenvalue weighted by Crippen LogP contribution is 2.19. The van der Waals surface area contributed by atoms with E-state index in [0.717, 1.165) is 28.5 Å². The molecule has 4 rings (SSSR count). The Labute approximate surface area is 158 Å². The molecule has 2 N–H and O–H groups in total. The van der Waals surface area contributed by atoms with E-state index in [-0.39, 0.29) is 5.91 Å². The second-order valence-corrected chi connectivity index (χ2v) is 6.63. The minimum absolute atomic E-state index is 0.0529. The van der Waals surface area contributed by atoms with Gasteiger partial charge in [-0.1, -0.05) is 49.4 Å². The number of nitrogens with zero attached hydrogens (tertiary/aromatic N) is 2. The van der Waals surface area contributed by atoms with Crippen molar-refractivity contribution in [1.82, 2.24) is 14.8 Å². The van der Waals surface area contributed by atoms with E-state index in [2.05, 4.69) is 46.6 Å². The van der Waals surface area contributed by atoms with Crippen LogP contribution in [0.5, 0.6) is 0 Å². The van der Waals surface area contributed by atoms with Crippen LogP contribution in [0.3, 0.4) is 0 Å². The number of nitrogens with one attached hydrogen (secondary N) is 2. The van der Waals surface area contributed by atoms with E-state index in [1.54, 1.807) is 6.20 Å². The van der Waals surface area contributed by atoms with Gasteiger partial charge in [-0.25, -0.2) is 4.68 Å². The van der Waals surface area contributed by atoms with Gasteiger partial charge in [0.25, 0.3) is 0 Å². The van der Waals surface area contributed by atoms with E-state index in [9.17, 15) is 4.79 Å². The van der Waals surface area contributed by atoms with Crippen LogP contribution in [0.15, 0.2) is 67.0 Å². The van der Waals surface area contributed by atoms with Gasteiger partial charge in [0.15, 0.2) is 0 Å². The lowest BCUT2D eigenvalue weighted by Gasteiger charge is -2.09. The van der Waals surface area contributed by atoms with Gasteiger partial charge in [0.05, 0.1) is 19.2 Å². The largest absolute Gasteiger partial charge is 0.361 e. The normalized spacial score (nSPS) is 11.0. The van der Waals surface area contributed by atoms with Crippen molar-refractivity contribution >= 4 is 22.6 Å². The third-order valence-electron chi connectivity index (χ3n) is 4.77. The number of rotatable bonds is 6. The molecule has 0 spiro atoms. The molecule has 136 valence electrons. The number of hydrogen-bond donors (Lipinski definition) is 2. The summed E-state index contributed by atoms with van der Waals surface area (Å²) in [5.74, 6) is 0.655. The first kappa shape index (κ1) is 17.1. The minimum Gasteiger partial charge on any atom is -0.361 e. The summed E-state index contributed by atoms with van der Waals surface area (Å²) in [6.45, 7) is 2.77. The number of para-hydroxylation sites is 1. The Kier molecular flexibility index (Phi) is 4.75. The van der Waals surface area contributed by atoms with E-state index < -0.39 is 0 Å². The third-order valence-corrected chi connectivity index (χ3v) is 4.77. The summed E-state index contributed by atoms with van der Waals surface area (Å²) in [6.07, 6.45) is 4.95. The number of benzene rings is 2. The zero-order chi connectivity index (χ0) is 18.6. The molecule has 0 bridgehead atoms. The zero-order valence-electron chi connectivity index (χ0n) is 15.3. The van der Waals surface area contributed by atoms with E-state index in [4.69, 9.17) is 0 Å². The van der Waals surface area contributed by atoms with Crippen molar-refractivity contribution < 1.29 is 4.79 Å². The van der Waals surface area contributed by atoms with Gasteiger partial charge in [-0.3, -0.25) is 4.79 Å². The molecule has 0 aliphatic heterocycles. The van der Waals surface area contributed by atoms with Crippen LogP contribution in [0.4, 0.5) is 5.82 Å². The number of anilines is 1. The summed E-state index contributed by atoms with van der Waals surface area (Å²) >= 11 is 0. The number of hydrogen-bond acceptors (Lipinski definition) is 2. The van der Waals surface area contributed by atoms with Gasteiger partial charge >= 0.3 is 0 Å². The van der Waals surface area contributed by atoms with Crippen molar-refractivity contribution in [3.05, 3.63) is 83.7 Å². The number of carbonyl (C=O) groups is 1. The number of amides is 1. The minimum atomic E-state index is -0.0529. The Balaban J connectivity index is 1.45. The van der Waals surface area contributed by atoms with Crippen molar-refractivity contribution in [1.29, 1.82) is 0 Å². The quantitative estimate of drug-likeness (QED) is 0.544. The van der Waals surface area contributed by atoms with Crippen LogP contribution in [0.25, 0.3) is 10.9 Å². The molecule has 0 unspecified atom stereocenters. The third kappa shape index (κ3) is 3.77. The fourth-order valence-corrected chi connectivity index (χ4v) is 3.26. The van der Waals surface area contributed by atoms with Crippen LogP contribution in [-0.2, 0) is 24.2 Å². The first-order valence-electron chi connectivity index (χ1n) is 9.17. The second kappa shape index (κ2) is 7.50. The van der Waals surface area contributed by atoms with Crippen LogP contribution >= 0.6 is 0 Å². The summed E-state index contributed by atoms with van der Waals surface area (Å²) in [5, 5.41) is 8.41. The molecular weight excluding hydrogens is 336 g/mol. The molecule has 5 heteroatoms. The summed E-state index contributed by atoms with van der Waals surface area (Å²) < 4.78 is 1.81. The summed E-state index contributed by atoms with van der Waals surface area (Å²) in [4.78, 5) is 15.8. The SMILES string of the molecule is CCc1ccc(Cn2nccc2NC(=O)Cc2c[nH]c3ccccc23)cc1. The highest BCUT2D eigenvalue weighted by molar-refractivity contribution is 5.95.